The molecule has 0 aliphatic carbocycles. The van der Waals surface area contributed by atoms with Crippen LogP contribution >= 0.6 is 0 Å². The highest BCUT2D eigenvalue weighted by Crippen LogP contribution is 2.14. The lowest BCUT2D eigenvalue weighted by Gasteiger charge is -2.11. The van der Waals surface area contributed by atoms with Gasteiger partial charge in [0.2, 0.25) is 5.95 Å². The van der Waals surface area contributed by atoms with Crippen molar-refractivity contribution in [1.29, 1.82) is 0 Å². The maximum atomic E-state index is 5.06. The second-order valence-electron chi connectivity index (χ2n) is 5.07. The predicted octanol–water partition coefficient (Wildman–Crippen LogP) is 2.65. The van der Waals surface area contributed by atoms with Gasteiger partial charge in [0, 0.05) is 32.7 Å². The van der Waals surface area contributed by atoms with E-state index in [1.54, 1.807) is 7.11 Å². The minimum Gasteiger partial charge on any atom is -0.385 e. The van der Waals surface area contributed by atoms with Crippen LogP contribution in [-0.4, -0.2) is 34.8 Å². The number of nitrogens with one attached hydrogen (secondary N) is 1. The first-order valence-corrected chi connectivity index (χ1v) is 7.44. The molecule has 0 saturated heterocycles. The van der Waals surface area contributed by atoms with Crippen LogP contribution in [0.15, 0.2) is 24.5 Å². The maximum absolute atomic E-state index is 5.06. The van der Waals surface area contributed by atoms with Crippen LogP contribution in [0.2, 0.25) is 0 Å². The van der Waals surface area contributed by atoms with E-state index in [4.69, 9.17) is 4.74 Å². The molecule has 0 saturated carbocycles. The Morgan fingerprint density at radius 1 is 1.38 bits per heavy atom. The SMILES string of the molecule is CCc1cccnc1Cn1cc(C)nc1NCCCOC. The van der Waals surface area contributed by atoms with Crippen molar-refractivity contribution < 1.29 is 4.74 Å². The summed E-state index contributed by atoms with van der Waals surface area (Å²) in [5, 5.41) is 3.37. The van der Waals surface area contributed by atoms with E-state index < -0.39 is 0 Å². The van der Waals surface area contributed by atoms with Gasteiger partial charge in [-0.05, 0) is 31.4 Å². The topological polar surface area (TPSA) is 52.0 Å². The van der Waals surface area contributed by atoms with Crippen LogP contribution in [-0.2, 0) is 17.7 Å². The van der Waals surface area contributed by atoms with Crippen molar-refractivity contribution in [2.24, 2.45) is 0 Å². The summed E-state index contributed by atoms with van der Waals surface area (Å²) < 4.78 is 7.19. The van der Waals surface area contributed by atoms with Gasteiger partial charge in [0.1, 0.15) is 0 Å². The van der Waals surface area contributed by atoms with Gasteiger partial charge in [-0.2, -0.15) is 0 Å². The van der Waals surface area contributed by atoms with E-state index in [0.717, 1.165) is 49.9 Å². The van der Waals surface area contributed by atoms with Crippen LogP contribution in [0.4, 0.5) is 5.95 Å². The Morgan fingerprint density at radius 2 is 2.24 bits per heavy atom. The Hall–Kier alpha value is -1.88. The molecule has 0 aliphatic heterocycles. The lowest BCUT2D eigenvalue weighted by Crippen LogP contribution is -2.12. The van der Waals surface area contributed by atoms with Gasteiger partial charge in [0.25, 0.3) is 0 Å². The van der Waals surface area contributed by atoms with Crippen molar-refractivity contribution in [3.05, 3.63) is 41.5 Å². The molecule has 2 rings (SSSR count). The molecule has 2 aromatic rings. The molecular weight excluding hydrogens is 264 g/mol. The number of ether oxygens (including phenoxy) is 1. The van der Waals surface area contributed by atoms with Gasteiger partial charge in [0.15, 0.2) is 0 Å². The van der Waals surface area contributed by atoms with Crippen molar-refractivity contribution in [3.8, 4) is 0 Å². The first-order chi connectivity index (χ1) is 10.2. The van der Waals surface area contributed by atoms with E-state index in [2.05, 4.69) is 39.0 Å². The zero-order chi connectivity index (χ0) is 15.1. The highest BCUT2D eigenvalue weighted by atomic mass is 16.5. The summed E-state index contributed by atoms with van der Waals surface area (Å²) in [6, 6.07) is 4.13. The minimum absolute atomic E-state index is 0.747. The van der Waals surface area contributed by atoms with Crippen LogP contribution in [0.25, 0.3) is 0 Å². The molecule has 0 fully saturated rings. The lowest BCUT2D eigenvalue weighted by molar-refractivity contribution is 0.197. The summed E-state index contributed by atoms with van der Waals surface area (Å²) >= 11 is 0. The molecule has 1 N–H and O–H groups in total. The Kier molecular flexibility index (Phi) is 5.75. The zero-order valence-electron chi connectivity index (χ0n) is 13.1. The number of anilines is 1. The van der Waals surface area contributed by atoms with Crippen molar-refractivity contribution >= 4 is 5.95 Å². The van der Waals surface area contributed by atoms with Gasteiger partial charge in [-0.25, -0.2) is 4.98 Å². The summed E-state index contributed by atoms with van der Waals surface area (Å²) in [4.78, 5) is 9.05. The molecule has 5 heteroatoms. The zero-order valence-corrected chi connectivity index (χ0v) is 13.1. The first-order valence-electron chi connectivity index (χ1n) is 7.44. The second kappa shape index (κ2) is 7.78. The molecule has 114 valence electrons. The fourth-order valence-electron chi connectivity index (χ4n) is 2.32. The van der Waals surface area contributed by atoms with E-state index in [0.29, 0.717) is 0 Å². The monoisotopic (exact) mass is 288 g/mol. The standard InChI is InChI=1S/C16H24N4O/c1-4-14-7-5-8-17-15(14)12-20-11-13(2)19-16(20)18-9-6-10-21-3/h5,7-8,11H,4,6,9-10,12H2,1-3H3,(H,18,19). The summed E-state index contributed by atoms with van der Waals surface area (Å²) in [6.07, 6.45) is 5.87. The van der Waals surface area contributed by atoms with E-state index in [1.807, 2.05) is 19.2 Å². The van der Waals surface area contributed by atoms with Crippen LogP contribution < -0.4 is 5.32 Å². The number of methoxy groups -OCH3 is 1. The molecule has 21 heavy (non-hydrogen) atoms. The number of aryl methyl sites for hydroxylation is 2. The van der Waals surface area contributed by atoms with Gasteiger partial charge in [-0.3, -0.25) is 4.98 Å². The van der Waals surface area contributed by atoms with Crippen molar-refractivity contribution in [3.63, 3.8) is 0 Å². The summed E-state index contributed by atoms with van der Waals surface area (Å²) in [5.41, 5.74) is 3.41. The highest BCUT2D eigenvalue weighted by molar-refractivity contribution is 5.31. The predicted molar refractivity (Wildman–Crippen MR) is 84.7 cm³/mol. The van der Waals surface area contributed by atoms with Crippen LogP contribution in [0, 0.1) is 6.92 Å². The summed E-state index contributed by atoms with van der Waals surface area (Å²) in [7, 11) is 1.72. The smallest absolute Gasteiger partial charge is 0.203 e. The summed E-state index contributed by atoms with van der Waals surface area (Å²) in [5.74, 6) is 0.899. The number of hydrogen-bond donors (Lipinski definition) is 1. The fraction of sp³-hybridized carbons (Fsp3) is 0.500. The highest BCUT2D eigenvalue weighted by Gasteiger charge is 2.08. The van der Waals surface area contributed by atoms with E-state index >= 15 is 0 Å². The van der Waals surface area contributed by atoms with Gasteiger partial charge in [0.05, 0.1) is 17.9 Å². The minimum atomic E-state index is 0.747. The number of nitrogens with zero attached hydrogens (tertiary/aromatic N) is 3. The van der Waals surface area contributed by atoms with E-state index in [1.165, 1.54) is 5.56 Å². The molecule has 0 aliphatic rings. The first kappa shape index (κ1) is 15.5. The quantitative estimate of drug-likeness (QED) is 0.759. The number of imidazole rings is 1. The third kappa shape index (κ3) is 4.29. The third-order valence-corrected chi connectivity index (χ3v) is 3.39. The van der Waals surface area contributed by atoms with Crippen molar-refractivity contribution in [1.82, 2.24) is 14.5 Å². The normalized spacial score (nSPS) is 10.8. The Bertz CT molecular complexity index is 565. The van der Waals surface area contributed by atoms with Crippen molar-refractivity contribution in [2.45, 2.75) is 33.2 Å². The van der Waals surface area contributed by atoms with Gasteiger partial charge < -0.3 is 14.6 Å². The number of rotatable bonds is 8. The van der Waals surface area contributed by atoms with E-state index in [9.17, 15) is 0 Å². The number of hydrogen-bond acceptors (Lipinski definition) is 4. The molecule has 0 spiro atoms. The van der Waals surface area contributed by atoms with Crippen LogP contribution in [0.1, 0.15) is 30.3 Å². The molecule has 0 bridgehead atoms. The molecule has 0 amide bonds. The molecule has 2 aromatic heterocycles. The Labute approximate surface area is 126 Å². The lowest BCUT2D eigenvalue weighted by atomic mass is 10.1. The molecule has 5 nitrogen and oxygen atoms in total. The number of aromatic nitrogens is 3. The molecule has 0 unspecified atom stereocenters. The second-order valence-corrected chi connectivity index (χ2v) is 5.07. The van der Waals surface area contributed by atoms with Crippen molar-refractivity contribution in [2.75, 3.05) is 25.6 Å². The molecular formula is C16H24N4O. The maximum Gasteiger partial charge on any atom is 0.203 e. The third-order valence-electron chi connectivity index (χ3n) is 3.39. The molecule has 2 heterocycles. The van der Waals surface area contributed by atoms with E-state index in [-0.39, 0.29) is 0 Å². The van der Waals surface area contributed by atoms with Gasteiger partial charge in [-0.1, -0.05) is 13.0 Å². The molecule has 0 aromatic carbocycles. The fourth-order valence-corrected chi connectivity index (χ4v) is 2.32. The molecule has 0 radical (unpaired) electrons. The van der Waals surface area contributed by atoms with Gasteiger partial charge >= 0.3 is 0 Å². The average molecular weight is 288 g/mol. The summed E-state index contributed by atoms with van der Waals surface area (Å²) in [6.45, 7) is 6.52. The Balaban J connectivity index is 2.08. The number of pyridine rings is 1. The average Bonchev–Trinajstić information content (AvgIpc) is 2.84. The van der Waals surface area contributed by atoms with Gasteiger partial charge in [-0.15, -0.1) is 0 Å². The van der Waals surface area contributed by atoms with Crippen LogP contribution in [0.3, 0.4) is 0 Å². The largest absolute Gasteiger partial charge is 0.385 e. The van der Waals surface area contributed by atoms with Crippen LogP contribution in [0.5, 0.6) is 0 Å². The molecule has 0 atom stereocenters. The Morgan fingerprint density at radius 3 is 3.00 bits per heavy atom.